The fourth-order valence-electron chi connectivity index (χ4n) is 6.11. The van der Waals surface area contributed by atoms with Gasteiger partial charge in [0.1, 0.15) is 11.8 Å². The van der Waals surface area contributed by atoms with Crippen molar-refractivity contribution in [3.63, 3.8) is 0 Å². The standard InChI is InChI=1S/C28H34N4O3/c1-26(2)9-7-17(8-10-26)21-11-18(19-12-27(3)14-23(33)28(4,13-19)35-27)5-6-22(21)32-25(34)24-30-16-20(15-29)31-24/h5-7,11,16,19,23,33H,8-10,12-14H2,1-4H3,(H,30,31)(H,32,34)/t19?,23-,27-,28+/m0/s1. The number of carbonyl (C=O) groups excluding carboxylic acids is 1. The Bertz CT molecular complexity index is 1240. The number of aliphatic hydroxyl groups is 1. The highest BCUT2D eigenvalue weighted by molar-refractivity contribution is 6.03. The summed E-state index contributed by atoms with van der Waals surface area (Å²) >= 11 is 0. The van der Waals surface area contributed by atoms with Crippen molar-refractivity contribution >= 4 is 17.2 Å². The van der Waals surface area contributed by atoms with Crippen molar-refractivity contribution in [1.82, 2.24) is 9.97 Å². The minimum atomic E-state index is -0.531. The van der Waals surface area contributed by atoms with Crippen molar-refractivity contribution in [3.05, 3.63) is 53.1 Å². The van der Waals surface area contributed by atoms with E-state index in [0.717, 1.165) is 43.4 Å². The Hall–Kier alpha value is -2.95. The Morgan fingerprint density at radius 3 is 2.71 bits per heavy atom. The Balaban J connectivity index is 1.49. The lowest BCUT2D eigenvalue weighted by atomic mass is 9.75. The largest absolute Gasteiger partial charge is 0.390 e. The third kappa shape index (κ3) is 4.53. The molecule has 1 aromatic carbocycles. The first-order valence-electron chi connectivity index (χ1n) is 12.5. The molecule has 3 aliphatic rings. The zero-order valence-electron chi connectivity index (χ0n) is 20.9. The van der Waals surface area contributed by atoms with E-state index in [1.807, 2.05) is 19.1 Å². The summed E-state index contributed by atoms with van der Waals surface area (Å²) in [4.78, 5) is 19.7. The molecule has 3 heterocycles. The lowest BCUT2D eigenvalue weighted by molar-refractivity contribution is -0.146. The molecule has 7 heteroatoms. The summed E-state index contributed by atoms with van der Waals surface area (Å²) in [6, 6.07) is 8.26. The summed E-state index contributed by atoms with van der Waals surface area (Å²) in [7, 11) is 0. The molecule has 1 aliphatic carbocycles. The molecule has 7 nitrogen and oxygen atoms in total. The monoisotopic (exact) mass is 474 g/mol. The van der Waals surface area contributed by atoms with Crippen LogP contribution in [-0.4, -0.2) is 38.3 Å². The molecule has 4 atom stereocenters. The van der Waals surface area contributed by atoms with Gasteiger partial charge in [-0.3, -0.25) is 4.79 Å². The SMILES string of the molecule is CC1(C)CC=C(c2cc(C3C[C@@]4(C)C[C@H](O)[C@@](C)(C3)O4)ccc2NC(=O)c2ncc(C#N)[nH]2)CC1. The van der Waals surface area contributed by atoms with Crippen molar-refractivity contribution in [2.75, 3.05) is 5.32 Å². The van der Waals surface area contributed by atoms with Gasteiger partial charge in [-0.05, 0) is 80.6 Å². The van der Waals surface area contributed by atoms with Crippen molar-refractivity contribution in [2.24, 2.45) is 5.41 Å². The minimum Gasteiger partial charge on any atom is -0.390 e. The van der Waals surface area contributed by atoms with E-state index in [4.69, 9.17) is 10.00 Å². The number of nitrogens with one attached hydrogen (secondary N) is 2. The van der Waals surface area contributed by atoms with Gasteiger partial charge in [0.2, 0.25) is 0 Å². The maximum Gasteiger partial charge on any atom is 0.291 e. The van der Waals surface area contributed by atoms with Crippen LogP contribution in [0.4, 0.5) is 5.69 Å². The number of amides is 1. The van der Waals surface area contributed by atoms with Gasteiger partial charge in [0.15, 0.2) is 5.82 Å². The van der Waals surface area contributed by atoms with Crippen LogP contribution >= 0.6 is 0 Å². The van der Waals surface area contributed by atoms with E-state index in [1.165, 1.54) is 17.3 Å². The van der Waals surface area contributed by atoms with Gasteiger partial charge in [-0.15, -0.1) is 0 Å². The first kappa shape index (κ1) is 23.8. The van der Waals surface area contributed by atoms with Gasteiger partial charge in [0, 0.05) is 17.7 Å². The Morgan fingerprint density at radius 1 is 1.26 bits per heavy atom. The molecule has 184 valence electrons. The van der Waals surface area contributed by atoms with Gasteiger partial charge >= 0.3 is 0 Å². The Labute approximate surface area is 206 Å². The number of benzene rings is 1. The zero-order chi connectivity index (χ0) is 25.0. The first-order chi connectivity index (χ1) is 16.5. The van der Waals surface area contributed by atoms with E-state index in [0.29, 0.717) is 6.42 Å². The van der Waals surface area contributed by atoms with Gasteiger partial charge in [-0.1, -0.05) is 26.0 Å². The highest BCUT2D eigenvalue weighted by Crippen LogP contribution is 2.53. The second-order valence-corrected chi connectivity index (χ2v) is 11.8. The van der Waals surface area contributed by atoms with Gasteiger partial charge < -0.3 is 20.1 Å². The molecule has 0 radical (unpaired) electrons. The number of nitrogens with zero attached hydrogens (tertiary/aromatic N) is 2. The van der Waals surface area contributed by atoms with Crippen LogP contribution in [0, 0.1) is 16.7 Å². The fraction of sp³-hybridized carbons (Fsp3) is 0.536. The zero-order valence-corrected chi connectivity index (χ0v) is 20.9. The highest BCUT2D eigenvalue weighted by Gasteiger charge is 2.56. The molecular formula is C28H34N4O3. The van der Waals surface area contributed by atoms with Crippen LogP contribution in [0.3, 0.4) is 0 Å². The van der Waals surface area contributed by atoms with Gasteiger partial charge in [-0.25, -0.2) is 4.98 Å². The number of aliphatic hydroxyl groups excluding tert-OH is 1. The molecule has 35 heavy (non-hydrogen) atoms. The van der Waals surface area contributed by atoms with Crippen LogP contribution in [0.25, 0.3) is 5.57 Å². The van der Waals surface area contributed by atoms with E-state index in [-0.39, 0.29) is 34.4 Å². The predicted molar refractivity (Wildman–Crippen MR) is 134 cm³/mol. The Kier molecular flexibility index (Phi) is 5.65. The number of hydrogen-bond acceptors (Lipinski definition) is 5. The van der Waals surface area contributed by atoms with Crippen molar-refractivity contribution in [3.8, 4) is 6.07 Å². The van der Waals surface area contributed by atoms with Crippen molar-refractivity contribution < 1.29 is 14.6 Å². The van der Waals surface area contributed by atoms with Crippen molar-refractivity contribution in [1.29, 1.82) is 5.26 Å². The number of allylic oxidation sites excluding steroid dienone is 2. The number of rotatable bonds is 4. The number of nitriles is 1. The van der Waals surface area contributed by atoms with Crippen molar-refractivity contribution in [2.45, 2.75) is 89.4 Å². The summed E-state index contributed by atoms with van der Waals surface area (Å²) in [6.45, 7) is 8.70. The smallest absolute Gasteiger partial charge is 0.291 e. The van der Waals surface area contributed by atoms with Crippen LogP contribution in [0.1, 0.15) is 99.6 Å². The molecule has 0 saturated carbocycles. The molecule has 2 bridgehead atoms. The second kappa shape index (κ2) is 8.32. The molecule has 2 aliphatic heterocycles. The second-order valence-electron chi connectivity index (χ2n) is 11.8. The molecule has 3 N–H and O–H groups in total. The number of H-pyrrole nitrogens is 1. The lowest BCUT2D eigenvalue weighted by Crippen LogP contribution is -2.43. The maximum absolute atomic E-state index is 12.9. The number of fused-ring (bicyclic) bond motifs is 2. The van der Waals surface area contributed by atoms with Crippen LogP contribution in [-0.2, 0) is 4.74 Å². The number of aromatic nitrogens is 2. The normalized spacial score (nSPS) is 31.5. The van der Waals surface area contributed by atoms with E-state index in [2.05, 4.69) is 54.3 Å². The number of aromatic amines is 1. The van der Waals surface area contributed by atoms with Crippen LogP contribution in [0.5, 0.6) is 0 Å². The van der Waals surface area contributed by atoms with Gasteiger partial charge in [-0.2, -0.15) is 5.26 Å². The minimum absolute atomic E-state index is 0.117. The maximum atomic E-state index is 12.9. The number of hydrogen-bond donors (Lipinski definition) is 3. The summed E-state index contributed by atoms with van der Waals surface area (Å²) in [5.41, 5.74) is 3.90. The van der Waals surface area contributed by atoms with E-state index in [1.54, 1.807) is 0 Å². The summed E-state index contributed by atoms with van der Waals surface area (Å²) < 4.78 is 6.29. The summed E-state index contributed by atoms with van der Waals surface area (Å²) in [5.74, 6) is 0.0129. The molecule has 5 rings (SSSR count). The lowest BCUT2D eigenvalue weighted by Gasteiger charge is -2.41. The van der Waals surface area contributed by atoms with E-state index < -0.39 is 11.7 Å². The van der Waals surface area contributed by atoms with Crippen LogP contribution in [0.15, 0.2) is 30.5 Å². The van der Waals surface area contributed by atoms with E-state index in [9.17, 15) is 9.90 Å². The quantitative estimate of drug-likeness (QED) is 0.557. The average Bonchev–Trinajstić information content (AvgIpc) is 3.34. The predicted octanol–water partition coefficient (Wildman–Crippen LogP) is 5.30. The van der Waals surface area contributed by atoms with Gasteiger partial charge in [0.25, 0.3) is 5.91 Å². The Morgan fingerprint density at radius 2 is 2.06 bits per heavy atom. The first-order valence-corrected chi connectivity index (χ1v) is 12.5. The third-order valence-corrected chi connectivity index (χ3v) is 8.13. The molecule has 1 amide bonds. The molecule has 0 spiro atoms. The van der Waals surface area contributed by atoms with E-state index >= 15 is 0 Å². The van der Waals surface area contributed by atoms with Crippen LogP contribution in [0.2, 0.25) is 0 Å². The summed E-state index contributed by atoms with van der Waals surface area (Å²) in [5, 5.41) is 22.7. The molecular weight excluding hydrogens is 440 g/mol. The number of carbonyl (C=O) groups is 1. The third-order valence-electron chi connectivity index (χ3n) is 8.13. The highest BCUT2D eigenvalue weighted by atomic mass is 16.5. The number of imidazole rings is 1. The molecule has 2 fully saturated rings. The molecule has 1 unspecified atom stereocenters. The molecule has 1 aromatic heterocycles. The number of ether oxygens (including phenoxy) is 1. The fourth-order valence-corrected chi connectivity index (χ4v) is 6.11. The van der Waals surface area contributed by atoms with Crippen LogP contribution < -0.4 is 5.32 Å². The topological polar surface area (TPSA) is 111 Å². The number of anilines is 1. The molecule has 2 aromatic rings. The average molecular weight is 475 g/mol. The van der Waals surface area contributed by atoms with Gasteiger partial charge in [0.05, 0.1) is 23.5 Å². The molecule has 2 saturated heterocycles. The summed E-state index contributed by atoms with van der Waals surface area (Å²) in [6.07, 6.45) is 8.52.